The molecule has 230 valence electrons. The second kappa shape index (κ2) is 15.0. The molecule has 1 N–H and O–H groups in total. The summed E-state index contributed by atoms with van der Waals surface area (Å²) in [6.45, 7) is 0.0667. The summed E-state index contributed by atoms with van der Waals surface area (Å²) in [5.74, 6) is -0.964. The van der Waals surface area contributed by atoms with E-state index < -0.39 is 21.9 Å². The highest BCUT2D eigenvalue weighted by molar-refractivity contribution is 7.92. The number of sulfonamides is 1. The third-order valence-electron chi connectivity index (χ3n) is 7.57. The predicted octanol–water partition coefficient (Wildman–Crippen LogP) is 6.38. The molecule has 0 bridgehead atoms. The summed E-state index contributed by atoms with van der Waals surface area (Å²) in [7, 11) is -3.75. The van der Waals surface area contributed by atoms with E-state index in [-0.39, 0.29) is 54.5 Å². The fraction of sp³-hybridized carbons (Fsp3) is 0.375. The molecule has 1 saturated carbocycles. The molecular weight excluding hydrogens is 612 g/mol. The van der Waals surface area contributed by atoms with Crippen molar-refractivity contribution in [2.45, 2.75) is 63.6 Å². The van der Waals surface area contributed by atoms with E-state index in [2.05, 4.69) is 5.32 Å². The van der Waals surface area contributed by atoms with Crippen molar-refractivity contribution in [1.29, 1.82) is 0 Å². The first-order valence-electron chi connectivity index (χ1n) is 14.3. The molecule has 7 nitrogen and oxygen atoms in total. The van der Waals surface area contributed by atoms with Crippen LogP contribution in [0.4, 0.5) is 10.1 Å². The number of rotatable bonds is 13. The zero-order valence-corrected chi connectivity index (χ0v) is 26.3. The van der Waals surface area contributed by atoms with E-state index >= 15 is 0 Å². The third kappa shape index (κ3) is 9.42. The molecule has 1 atom stereocenters. The molecule has 1 unspecified atom stereocenters. The van der Waals surface area contributed by atoms with Gasteiger partial charge in [0.1, 0.15) is 11.9 Å². The number of carbonyl (C=O) groups is 2. The fourth-order valence-corrected chi connectivity index (χ4v) is 6.77. The lowest BCUT2D eigenvalue weighted by atomic mass is 10.0. The predicted molar refractivity (Wildman–Crippen MR) is 169 cm³/mol. The van der Waals surface area contributed by atoms with Crippen LogP contribution in [0.1, 0.15) is 49.7 Å². The van der Waals surface area contributed by atoms with E-state index in [4.69, 9.17) is 23.2 Å². The molecule has 2 amide bonds. The third-order valence-corrected chi connectivity index (χ3v) is 9.30. The summed E-state index contributed by atoms with van der Waals surface area (Å²) < 4.78 is 40.2. The molecule has 3 aromatic carbocycles. The second-order valence-corrected chi connectivity index (χ2v) is 13.6. The maximum Gasteiger partial charge on any atom is 0.243 e. The van der Waals surface area contributed by atoms with Crippen LogP contribution in [-0.2, 0) is 32.6 Å². The van der Waals surface area contributed by atoms with E-state index in [9.17, 15) is 22.4 Å². The lowest BCUT2D eigenvalue weighted by Crippen LogP contribution is -2.52. The normalized spacial score (nSPS) is 14.3. The van der Waals surface area contributed by atoms with Crippen molar-refractivity contribution in [2.75, 3.05) is 17.1 Å². The minimum atomic E-state index is -3.75. The van der Waals surface area contributed by atoms with E-state index in [1.807, 2.05) is 30.3 Å². The Kier molecular flexibility index (Phi) is 11.5. The van der Waals surface area contributed by atoms with E-state index in [0.29, 0.717) is 17.0 Å². The Hall–Kier alpha value is -3.14. The van der Waals surface area contributed by atoms with Crippen LogP contribution in [0.5, 0.6) is 0 Å². The highest BCUT2D eigenvalue weighted by atomic mass is 35.5. The van der Waals surface area contributed by atoms with Gasteiger partial charge in [-0.05, 0) is 60.7 Å². The van der Waals surface area contributed by atoms with Gasteiger partial charge in [-0.3, -0.25) is 13.9 Å². The molecule has 1 aliphatic carbocycles. The number of anilines is 1. The second-order valence-electron chi connectivity index (χ2n) is 10.9. The average Bonchev–Trinajstić information content (AvgIpc) is 3.48. The zero-order valence-electron chi connectivity index (χ0n) is 24.0. The van der Waals surface area contributed by atoms with Crippen molar-refractivity contribution >= 4 is 50.7 Å². The topological polar surface area (TPSA) is 86.8 Å². The van der Waals surface area contributed by atoms with Gasteiger partial charge in [0.05, 0.1) is 17.0 Å². The molecule has 4 rings (SSSR count). The van der Waals surface area contributed by atoms with Gasteiger partial charge < -0.3 is 10.2 Å². The van der Waals surface area contributed by atoms with Crippen LogP contribution in [0.25, 0.3) is 0 Å². The standard InChI is InChI=1S/C32H36Cl2FN3O4S/c1-43(41,42)38(29-21-25(33)15-18-28(29)34)19-7-12-31(39)37(22-24-13-16-26(35)17-14-24)30(20-23-8-3-2-4-9-23)32(40)36-27-10-5-6-11-27/h2-4,8-9,13-18,21,27,30H,5-7,10-12,19-20,22H2,1H3,(H,36,40). The van der Waals surface area contributed by atoms with Crippen molar-refractivity contribution in [3.63, 3.8) is 0 Å². The quantitative estimate of drug-likeness (QED) is 0.233. The number of nitrogens with one attached hydrogen (secondary N) is 1. The largest absolute Gasteiger partial charge is 0.352 e. The highest BCUT2D eigenvalue weighted by Crippen LogP contribution is 2.31. The fourth-order valence-electron chi connectivity index (χ4n) is 5.37. The van der Waals surface area contributed by atoms with Gasteiger partial charge >= 0.3 is 0 Å². The summed E-state index contributed by atoms with van der Waals surface area (Å²) in [5.41, 5.74) is 1.79. The van der Waals surface area contributed by atoms with Crippen LogP contribution in [0.3, 0.4) is 0 Å². The smallest absolute Gasteiger partial charge is 0.243 e. The number of hydrogen-bond donors (Lipinski definition) is 1. The summed E-state index contributed by atoms with van der Waals surface area (Å²) in [6.07, 6.45) is 5.35. The maximum absolute atomic E-state index is 13.9. The molecule has 11 heteroatoms. The summed E-state index contributed by atoms with van der Waals surface area (Å²) >= 11 is 12.4. The lowest BCUT2D eigenvalue weighted by molar-refractivity contribution is -0.141. The summed E-state index contributed by atoms with van der Waals surface area (Å²) in [5, 5.41) is 3.69. The number of carbonyl (C=O) groups excluding carboxylic acids is 2. The Labute approximate surface area is 263 Å². The Bertz CT molecular complexity index is 1500. The van der Waals surface area contributed by atoms with Crippen LogP contribution in [0, 0.1) is 5.82 Å². The molecular formula is C32H36Cl2FN3O4S. The molecule has 0 aliphatic heterocycles. The molecule has 0 heterocycles. The van der Waals surface area contributed by atoms with Crippen LogP contribution in [0.15, 0.2) is 72.8 Å². The van der Waals surface area contributed by atoms with Gasteiger partial charge in [-0.1, -0.05) is 78.5 Å². The van der Waals surface area contributed by atoms with Gasteiger partial charge in [0.2, 0.25) is 21.8 Å². The van der Waals surface area contributed by atoms with Gasteiger partial charge in [0.25, 0.3) is 0 Å². The van der Waals surface area contributed by atoms with Gasteiger partial charge in [-0.2, -0.15) is 0 Å². The minimum absolute atomic E-state index is 0.0212. The average molecular weight is 649 g/mol. The van der Waals surface area contributed by atoms with Crippen molar-refractivity contribution < 1.29 is 22.4 Å². The Balaban J connectivity index is 1.59. The molecule has 43 heavy (non-hydrogen) atoms. The van der Waals surface area contributed by atoms with E-state index in [0.717, 1.165) is 41.8 Å². The number of halogens is 3. The monoisotopic (exact) mass is 647 g/mol. The zero-order chi connectivity index (χ0) is 31.0. The molecule has 0 spiro atoms. The molecule has 1 aliphatic rings. The maximum atomic E-state index is 13.9. The summed E-state index contributed by atoms with van der Waals surface area (Å²) in [4.78, 5) is 29.2. The minimum Gasteiger partial charge on any atom is -0.352 e. The first-order valence-corrected chi connectivity index (χ1v) is 16.9. The van der Waals surface area contributed by atoms with Crippen LogP contribution in [0.2, 0.25) is 10.0 Å². The van der Waals surface area contributed by atoms with Gasteiger partial charge in [-0.15, -0.1) is 0 Å². The highest BCUT2D eigenvalue weighted by Gasteiger charge is 2.32. The van der Waals surface area contributed by atoms with Crippen molar-refractivity contribution in [1.82, 2.24) is 10.2 Å². The van der Waals surface area contributed by atoms with Crippen molar-refractivity contribution in [3.8, 4) is 0 Å². The molecule has 0 aromatic heterocycles. The number of benzene rings is 3. The van der Waals surface area contributed by atoms with Crippen molar-refractivity contribution in [3.05, 3.63) is 99.8 Å². The van der Waals surface area contributed by atoms with Gasteiger partial charge in [-0.25, -0.2) is 12.8 Å². The van der Waals surface area contributed by atoms with Crippen LogP contribution < -0.4 is 9.62 Å². The van der Waals surface area contributed by atoms with Crippen LogP contribution in [-0.4, -0.2) is 50.0 Å². The van der Waals surface area contributed by atoms with Crippen LogP contribution >= 0.6 is 23.2 Å². The lowest BCUT2D eigenvalue weighted by Gasteiger charge is -2.33. The van der Waals surface area contributed by atoms with Crippen molar-refractivity contribution in [2.24, 2.45) is 0 Å². The number of amides is 2. The Morgan fingerprint density at radius 1 is 0.977 bits per heavy atom. The SMILES string of the molecule is CS(=O)(=O)N(CCCC(=O)N(Cc1ccc(F)cc1)C(Cc1ccccc1)C(=O)NC1CCCC1)c1cc(Cl)ccc1Cl. The number of nitrogens with zero attached hydrogens (tertiary/aromatic N) is 2. The number of hydrogen-bond acceptors (Lipinski definition) is 4. The van der Waals surface area contributed by atoms with Gasteiger partial charge in [0, 0.05) is 37.0 Å². The first-order chi connectivity index (χ1) is 20.5. The van der Waals surface area contributed by atoms with E-state index in [1.54, 1.807) is 18.2 Å². The molecule has 1 fully saturated rings. The Morgan fingerprint density at radius 3 is 2.30 bits per heavy atom. The summed E-state index contributed by atoms with van der Waals surface area (Å²) in [6, 6.07) is 19.1. The molecule has 3 aromatic rings. The Morgan fingerprint density at radius 2 is 1.65 bits per heavy atom. The van der Waals surface area contributed by atoms with Gasteiger partial charge in [0.15, 0.2) is 0 Å². The first kappa shape index (κ1) is 32.8. The van der Waals surface area contributed by atoms with E-state index in [1.165, 1.54) is 29.2 Å². The molecule has 0 saturated heterocycles. The molecule has 0 radical (unpaired) electrons.